The van der Waals surface area contributed by atoms with Crippen molar-refractivity contribution in [3.8, 4) is 0 Å². The van der Waals surface area contributed by atoms with Crippen LogP contribution in [0.3, 0.4) is 0 Å². The molecule has 5 unspecified atom stereocenters. The average Bonchev–Trinajstić information content (AvgIpc) is 3.33. The van der Waals surface area contributed by atoms with Gasteiger partial charge in [-0.1, -0.05) is 29.8 Å². The van der Waals surface area contributed by atoms with Crippen molar-refractivity contribution >= 4 is 11.9 Å². The van der Waals surface area contributed by atoms with Gasteiger partial charge in [0.15, 0.2) is 0 Å². The lowest BCUT2D eigenvalue weighted by molar-refractivity contribution is -0.426. The maximum atomic E-state index is 13.4. The molecular formula is C28H34N4O6. The van der Waals surface area contributed by atoms with Crippen LogP contribution in [0.5, 0.6) is 0 Å². The highest BCUT2D eigenvalue weighted by atomic mass is 16.6. The fourth-order valence-electron chi connectivity index (χ4n) is 5.93. The Labute approximate surface area is 221 Å². The van der Waals surface area contributed by atoms with Gasteiger partial charge >= 0.3 is 11.9 Å². The van der Waals surface area contributed by atoms with Crippen LogP contribution in [0, 0.1) is 35.8 Å². The molecule has 2 heterocycles. The summed E-state index contributed by atoms with van der Waals surface area (Å²) in [5, 5.41) is 17.0. The summed E-state index contributed by atoms with van der Waals surface area (Å²) in [5.41, 5.74) is 9.13. The molecule has 202 valence electrons. The molecule has 5 atom stereocenters. The number of aryl methyl sites for hydroxylation is 2. The molecule has 2 aliphatic heterocycles. The first-order valence-corrected chi connectivity index (χ1v) is 13.2. The standard InChI is InChI=1S/C28H34N4O6/c1-5-37-27(33)21-13-20(21)25-24(28(34)38-6-2)26-29-22(17-8-9-18(12-17)32(35)36)14-23(31(26)30-25)19-10-7-15(3)11-16(19)4/h7-11,20-23,26,29-30H,5-6,12-14H2,1-4H3. The number of hydrazine groups is 1. The third-order valence-corrected chi connectivity index (χ3v) is 7.83. The zero-order valence-corrected chi connectivity index (χ0v) is 22.2. The lowest BCUT2D eigenvalue weighted by Crippen LogP contribution is -2.59. The molecule has 1 aromatic carbocycles. The van der Waals surface area contributed by atoms with Crippen LogP contribution in [0.15, 0.2) is 52.9 Å². The molecule has 1 saturated heterocycles. The summed E-state index contributed by atoms with van der Waals surface area (Å²) < 4.78 is 10.7. The van der Waals surface area contributed by atoms with Gasteiger partial charge in [-0.3, -0.25) is 20.2 Å². The maximum absolute atomic E-state index is 13.4. The Morgan fingerprint density at radius 1 is 1.13 bits per heavy atom. The predicted octanol–water partition coefficient (Wildman–Crippen LogP) is 3.36. The van der Waals surface area contributed by atoms with E-state index in [1.165, 1.54) is 0 Å². The molecule has 38 heavy (non-hydrogen) atoms. The number of hydrogen-bond acceptors (Lipinski definition) is 9. The molecule has 2 fully saturated rings. The number of allylic oxidation sites excluding steroid dienone is 4. The molecule has 1 aromatic rings. The third kappa shape index (κ3) is 4.74. The molecule has 0 bridgehead atoms. The van der Waals surface area contributed by atoms with E-state index in [-0.39, 0.29) is 53.5 Å². The van der Waals surface area contributed by atoms with Crippen LogP contribution in [-0.4, -0.2) is 47.3 Å². The van der Waals surface area contributed by atoms with Gasteiger partial charge in [0.2, 0.25) is 5.70 Å². The van der Waals surface area contributed by atoms with Gasteiger partial charge in [0.1, 0.15) is 6.17 Å². The number of esters is 2. The van der Waals surface area contributed by atoms with Crippen LogP contribution in [0.25, 0.3) is 0 Å². The van der Waals surface area contributed by atoms with E-state index >= 15 is 0 Å². The molecule has 0 aromatic heterocycles. The highest BCUT2D eigenvalue weighted by Gasteiger charge is 2.55. The van der Waals surface area contributed by atoms with Gasteiger partial charge in [0.25, 0.3) is 0 Å². The van der Waals surface area contributed by atoms with Crippen LogP contribution in [0.2, 0.25) is 0 Å². The number of nitro groups is 1. The minimum atomic E-state index is -0.530. The van der Waals surface area contributed by atoms with E-state index in [2.05, 4.69) is 35.9 Å². The lowest BCUT2D eigenvalue weighted by atomic mass is 9.87. The van der Waals surface area contributed by atoms with E-state index in [0.717, 1.165) is 22.3 Å². The number of fused-ring (bicyclic) bond motifs is 1. The summed E-state index contributed by atoms with van der Waals surface area (Å²) in [5.74, 6) is -1.16. The first kappa shape index (κ1) is 26.1. The van der Waals surface area contributed by atoms with Crippen molar-refractivity contribution in [2.45, 2.75) is 65.2 Å². The fourth-order valence-corrected chi connectivity index (χ4v) is 5.93. The van der Waals surface area contributed by atoms with E-state index in [9.17, 15) is 19.7 Å². The number of nitrogens with zero attached hydrogens (tertiary/aromatic N) is 2. The summed E-state index contributed by atoms with van der Waals surface area (Å²) in [6.07, 6.45) is 4.35. The fraction of sp³-hybridized carbons (Fsp3) is 0.500. The van der Waals surface area contributed by atoms with Crippen molar-refractivity contribution < 1.29 is 24.0 Å². The Morgan fingerprint density at radius 2 is 1.89 bits per heavy atom. The van der Waals surface area contributed by atoms with Crippen molar-refractivity contribution in [1.82, 2.24) is 15.8 Å². The van der Waals surface area contributed by atoms with Gasteiger partial charge in [-0.15, -0.1) is 0 Å². The normalized spacial score (nSPS) is 28.3. The van der Waals surface area contributed by atoms with E-state index in [4.69, 9.17) is 9.47 Å². The Bertz CT molecular complexity index is 1270. The SMILES string of the molecule is CCOC(=O)C1=C(C2CC2C(=O)OCC)NN2C1NC(C1=CC=C([N+](=O)[O-])C1)CC2c1ccc(C)cc1C. The van der Waals surface area contributed by atoms with E-state index in [1.54, 1.807) is 19.9 Å². The second-order valence-corrected chi connectivity index (χ2v) is 10.3. The Kier molecular flexibility index (Phi) is 7.11. The first-order valence-electron chi connectivity index (χ1n) is 13.2. The monoisotopic (exact) mass is 522 g/mol. The lowest BCUT2D eigenvalue weighted by Gasteiger charge is -2.44. The van der Waals surface area contributed by atoms with Crippen molar-refractivity contribution in [1.29, 1.82) is 0 Å². The van der Waals surface area contributed by atoms with Gasteiger partial charge in [0.05, 0.1) is 42.1 Å². The Balaban J connectivity index is 1.52. The van der Waals surface area contributed by atoms with Crippen molar-refractivity contribution in [2.75, 3.05) is 13.2 Å². The quantitative estimate of drug-likeness (QED) is 0.301. The molecular weight excluding hydrogens is 488 g/mol. The molecule has 0 spiro atoms. The number of rotatable bonds is 8. The van der Waals surface area contributed by atoms with Crippen LogP contribution in [0.4, 0.5) is 0 Å². The molecule has 0 amide bonds. The molecule has 5 rings (SSSR count). The van der Waals surface area contributed by atoms with Gasteiger partial charge in [-0.05, 0) is 57.2 Å². The van der Waals surface area contributed by atoms with Crippen molar-refractivity contribution in [3.05, 3.63) is 79.7 Å². The summed E-state index contributed by atoms with van der Waals surface area (Å²) in [6.45, 7) is 8.20. The molecule has 10 nitrogen and oxygen atoms in total. The number of benzene rings is 1. The summed E-state index contributed by atoms with van der Waals surface area (Å²) >= 11 is 0. The predicted molar refractivity (Wildman–Crippen MR) is 139 cm³/mol. The number of carbonyl (C=O) groups excluding carboxylic acids is 2. The van der Waals surface area contributed by atoms with Crippen LogP contribution in [0.1, 0.15) is 55.8 Å². The van der Waals surface area contributed by atoms with Gasteiger partial charge < -0.3 is 14.9 Å². The topological polar surface area (TPSA) is 123 Å². The number of nitrogens with one attached hydrogen (secondary N) is 2. The highest BCUT2D eigenvalue weighted by molar-refractivity contribution is 5.92. The summed E-state index contributed by atoms with van der Waals surface area (Å²) in [4.78, 5) is 36.9. The molecule has 0 radical (unpaired) electrons. The summed E-state index contributed by atoms with van der Waals surface area (Å²) in [6, 6.07) is 6.00. The minimum absolute atomic E-state index is 0.130. The molecule has 2 N–H and O–H groups in total. The maximum Gasteiger partial charge on any atom is 0.338 e. The zero-order chi connectivity index (χ0) is 27.1. The van der Waals surface area contributed by atoms with Gasteiger partial charge in [-0.2, -0.15) is 5.01 Å². The smallest absolute Gasteiger partial charge is 0.338 e. The van der Waals surface area contributed by atoms with E-state index in [0.29, 0.717) is 30.7 Å². The molecule has 1 saturated carbocycles. The Morgan fingerprint density at radius 3 is 2.55 bits per heavy atom. The second kappa shape index (κ2) is 10.3. The number of carbonyl (C=O) groups is 2. The van der Waals surface area contributed by atoms with Crippen molar-refractivity contribution in [2.24, 2.45) is 11.8 Å². The molecule has 4 aliphatic rings. The zero-order valence-electron chi connectivity index (χ0n) is 22.2. The van der Waals surface area contributed by atoms with Crippen molar-refractivity contribution in [3.63, 3.8) is 0 Å². The molecule has 10 heteroatoms. The summed E-state index contributed by atoms with van der Waals surface area (Å²) in [7, 11) is 0. The largest absolute Gasteiger partial charge is 0.466 e. The van der Waals surface area contributed by atoms with E-state index < -0.39 is 12.1 Å². The van der Waals surface area contributed by atoms with Gasteiger partial charge in [0, 0.05) is 23.7 Å². The third-order valence-electron chi connectivity index (χ3n) is 7.83. The minimum Gasteiger partial charge on any atom is -0.466 e. The van der Waals surface area contributed by atoms with Crippen LogP contribution in [-0.2, 0) is 19.1 Å². The number of hydrogen-bond donors (Lipinski definition) is 2. The average molecular weight is 523 g/mol. The van der Waals surface area contributed by atoms with Crippen LogP contribution < -0.4 is 10.7 Å². The van der Waals surface area contributed by atoms with Crippen LogP contribution >= 0.6 is 0 Å². The van der Waals surface area contributed by atoms with E-state index in [1.807, 2.05) is 18.0 Å². The number of ether oxygens (including phenoxy) is 2. The molecule has 2 aliphatic carbocycles. The Hall–Kier alpha value is -3.50. The second-order valence-electron chi connectivity index (χ2n) is 10.3. The first-order chi connectivity index (χ1) is 18.2. The highest BCUT2D eigenvalue weighted by Crippen LogP contribution is 2.50. The van der Waals surface area contributed by atoms with Gasteiger partial charge in [-0.25, -0.2) is 4.79 Å².